The fourth-order valence-corrected chi connectivity index (χ4v) is 3.25. The van der Waals surface area contributed by atoms with Gasteiger partial charge in [0, 0.05) is 31.5 Å². The molecule has 0 spiro atoms. The zero-order valence-electron chi connectivity index (χ0n) is 17.0. The van der Waals surface area contributed by atoms with Gasteiger partial charge >= 0.3 is 0 Å². The Balaban J connectivity index is 1.43. The van der Waals surface area contributed by atoms with Crippen molar-refractivity contribution in [3.8, 4) is 0 Å². The molecular weight excluding hydrogens is 372 g/mol. The van der Waals surface area contributed by atoms with Gasteiger partial charge in [-0.3, -0.25) is 9.59 Å². The van der Waals surface area contributed by atoms with Crippen LogP contribution in [0.1, 0.15) is 5.76 Å². The highest BCUT2D eigenvalue weighted by Crippen LogP contribution is 2.19. The van der Waals surface area contributed by atoms with Gasteiger partial charge in [-0.1, -0.05) is 0 Å². The third-order valence-corrected chi connectivity index (χ3v) is 4.84. The molecule has 1 aromatic carbocycles. The minimum Gasteiger partial charge on any atom is -0.463 e. The third-order valence-electron chi connectivity index (χ3n) is 4.84. The number of likely N-dealkylation sites (N-methyl/N-ethyl adjacent to an activating group) is 2. The molecule has 2 aromatic rings. The number of benzene rings is 1. The first kappa shape index (κ1) is 20.9. The van der Waals surface area contributed by atoms with E-state index in [-0.39, 0.29) is 18.4 Å². The summed E-state index contributed by atoms with van der Waals surface area (Å²) in [5, 5.41) is 2.85. The first-order valence-electron chi connectivity index (χ1n) is 9.81. The number of carbonyl (C=O) groups is 2. The minimum atomic E-state index is -0.219. The van der Waals surface area contributed by atoms with Crippen LogP contribution >= 0.6 is 0 Å². The molecule has 8 heteroatoms. The molecule has 1 atom stereocenters. The SMILES string of the molecule is CN(CC(=O)Nc1ccc(N2CCOCC2)cc1)C(=O)C[NH+](C)Cc1ccco1. The molecule has 2 heterocycles. The number of furan rings is 1. The number of ether oxygens (including phenoxy) is 1. The summed E-state index contributed by atoms with van der Waals surface area (Å²) in [4.78, 5) is 29.4. The molecule has 1 aliphatic heterocycles. The average molecular weight is 401 g/mol. The Labute approximate surface area is 171 Å². The van der Waals surface area contributed by atoms with E-state index >= 15 is 0 Å². The van der Waals surface area contributed by atoms with Gasteiger partial charge in [0.05, 0.1) is 33.1 Å². The van der Waals surface area contributed by atoms with E-state index in [1.807, 2.05) is 43.4 Å². The van der Waals surface area contributed by atoms with Crippen LogP contribution in [0.4, 0.5) is 11.4 Å². The number of morpholine rings is 1. The predicted octanol–water partition coefficient (Wildman–Crippen LogP) is 0.228. The Morgan fingerprint density at radius 2 is 1.90 bits per heavy atom. The number of carbonyl (C=O) groups excluding carboxylic acids is 2. The zero-order chi connectivity index (χ0) is 20.6. The van der Waals surface area contributed by atoms with Crippen LogP contribution in [0.15, 0.2) is 47.1 Å². The molecule has 0 aliphatic carbocycles. The molecule has 0 bridgehead atoms. The van der Waals surface area contributed by atoms with Crippen LogP contribution in [0.5, 0.6) is 0 Å². The Morgan fingerprint density at radius 1 is 1.17 bits per heavy atom. The summed E-state index contributed by atoms with van der Waals surface area (Å²) in [5.74, 6) is 0.520. The number of hydrogen-bond acceptors (Lipinski definition) is 5. The summed E-state index contributed by atoms with van der Waals surface area (Å²) in [6.45, 7) is 4.13. The number of nitrogens with one attached hydrogen (secondary N) is 2. The highest BCUT2D eigenvalue weighted by atomic mass is 16.5. The molecule has 0 saturated carbocycles. The van der Waals surface area contributed by atoms with Crippen molar-refractivity contribution >= 4 is 23.2 Å². The van der Waals surface area contributed by atoms with Crippen molar-refractivity contribution in [3.05, 3.63) is 48.4 Å². The summed E-state index contributed by atoms with van der Waals surface area (Å²) in [6.07, 6.45) is 1.62. The molecule has 0 radical (unpaired) electrons. The first-order valence-corrected chi connectivity index (χ1v) is 9.81. The van der Waals surface area contributed by atoms with Crippen LogP contribution in [0, 0.1) is 0 Å². The molecule has 1 aromatic heterocycles. The number of hydrogen-bond donors (Lipinski definition) is 2. The topological polar surface area (TPSA) is 79.5 Å². The van der Waals surface area contributed by atoms with E-state index in [4.69, 9.17) is 9.15 Å². The normalized spacial score (nSPS) is 15.0. The lowest BCUT2D eigenvalue weighted by atomic mass is 10.2. The highest BCUT2D eigenvalue weighted by molar-refractivity contribution is 5.94. The second-order valence-electron chi connectivity index (χ2n) is 7.33. The number of quaternary nitrogens is 1. The smallest absolute Gasteiger partial charge is 0.277 e. The van der Waals surface area contributed by atoms with Crippen LogP contribution < -0.4 is 15.1 Å². The van der Waals surface area contributed by atoms with E-state index in [9.17, 15) is 9.59 Å². The molecule has 8 nitrogen and oxygen atoms in total. The van der Waals surface area contributed by atoms with Crippen LogP contribution in [0.2, 0.25) is 0 Å². The maximum absolute atomic E-state index is 12.4. The second-order valence-corrected chi connectivity index (χ2v) is 7.33. The van der Waals surface area contributed by atoms with Crippen molar-refractivity contribution in [2.75, 3.05) is 63.7 Å². The van der Waals surface area contributed by atoms with E-state index in [0.717, 1.165) is 42.7 Å². The Hall–Kier alpha value is -2.84. The minimum absolute atomic E-state index is 0.0120. The van der Waals surface area contributed by atoms with Gasteiger partial charge in [-0.25, -0.2) is 0 Å². The van der Waals surface area contributed by atoms with E-state index < -0.39 is 0 Å². The number of nitrogens with zero attached hydrogens (tertiary/aromatic N) is 2. The molecule has 1 fully saturated rings. The average Bonchev–Trinajstić information content (AvgIpc) is 3.22. The van der Waals surface area contributed by atoms with Crippen molar-refractivity contribution in [2.24, 2.45) is 0 Å². The summed E-state index contributed by atoms with van der Waals surface area (Å²) >= 11 is 0. The van der Waals surface area contributed by atoms with Crippen molar-refractivity contribution in [1.82, 2.24) is 4.90 Å². The maximum Gasteiger partial charge on any atom is 0.277 e. The lowest BCUT2D eigenvalue weighted by Crippen LogP contribution is -3.08. The molecule has 29 heavy (non-hydrogen) atoms. The van der Waals surface area contributed by atoms with Crippen molar-refractivity contribution in [1.29, 1.82) is 0 Å². The molecule has 156 valence electrons. The maximum atomic E-state index is 12.4. The predicted molar refractivity (Wildman–Crippen MR) is 110 cm³/mol. The molecular formula is C21H29N4O4+. The third kappa shape index (κ3) is 6.33. The zero-order valence-corrected chi connectivity index (χ0v) is 17.0. The molecule has 1 unspecified atom stereocenters. The summed E-state index contributed by atoms with van der Waals surface area (Å²) in [7, 11) is 3.56. The molecule has 1 aliphatic rings. The van der Waals surface area contributed by atoms with E-state index in [2.05, 4.69) is 10.2 Å². The van der Waals surface area contributed by atoms with Crippen LogP contribution in [0.25, 0.3) is 0 Å². The number of rotatable bonds is 8. The quantitative estimate of drug-likeness (QED) is 0.662. The van der Waals surface area contributed by atoms with Gasteiger partial charge in [-0.05, 0) is 36.4 Å². The number of amides is 2. The lowest BCUT2D eigenvalue weighted by molar-refractivity contribution is -0.886. The fraction of sp³-hybridized carbons (Fsp3) is 0.429. The monoisotopic (exact) mass is 401 g/mol. The van der Waals surface area contributed by atoms with Gasteiger partial charge in [-0.2, -0.15) is 0 Å². The van der Waals surface area contributed by atoms with Crippen molar-refractivity contribution in [2.45, 2.75) is 6.54 Å². The van der Waals surface area contributed by atoms with E-state index in [1.165, 1.54) is 4.90 Å². The fourth-order valence-electron chi connectivity index (χ4n) is 3.25. The van der Waals surface area contributed by atoms with Gasteiger partial charge in [-0.15, -0.1) is 0 Å². The Bertz CT molecular complexity index is 786. The van der Waals surface area contributed by atoms with Gasteiger partial charge in [0.2, 0.25) is 5.91 Å². The van der Waals surface area contributed by atoms with Crippen LogP contribution in [-0.2, 0) is 20.9 Å². The molecule has 3 rings (SSSR count). The molecule has 2 N–H and O–H groups in total. The van der Waals surface area contributed by atoms with Crippen molar-refractivity contribution in [3.63, 3.8) is 0 Å². The van der Waals surface area contributed by atoms with E-state index in [1.54, 1.807) is 13.3 Å². The molecule has 2 amide bonds. The van der Waals surface area contributed by atoms with Crippen molar-refractivity contribution < 1.29 is 23.6 Å². The van der Waals surface area contributed by atoms with Crippen LogP contribution in [0.3, 0.4) is 0 Å². The lowest BCUT2D eigenvalue weighted by Gasteiger charge is -2.28. The number of anilines is 2. The standard InChI is InChI=1S/C21H28N4O4/c1-23(14-19-4-3-11-29-19)16-21(27)24(2)15-20(26)22-17-5-7-18(8-6-17)25-9-12-28-13-10-25/h3-8,11H,9-10,12-16H2,1-2H3,(H,22,26)/p+1. The van der Waals surface area contributed by atoms with E-state index in [0.29, 0.717) is 18.8 Å². The van der Waals surface area contributed by atoms with Gasteiger partial charge < -0.3 is 29.2 Å². The largest absolute Gasteiger partial charge is 0.463 e. The van der Waals surface area contributed by atoms with Gasteiger partial charge in [0.15, 0.2) is 12.3 Å². The summed E-state index contributed by atoms with van der Waals surface area (Å²) in [5.41, 5.74) is 1.83. The second kappa shape index (κ2) is 10.1. The highest BCUT2D eigenvalue weighted by Gasteiger charge is 2.18. The van der Waals surface area contributed by atoms with Crippen LogP contribution in [-0.4, -0.2) is 70.2 Å². The van der Waals surface area contributed by atoms with Gasteiger partial charge in [0.1, 0.15) is 6.54 Å². The van der Waals surface area contributed by atoms with Gasteiger partial charge in [0.25, 0.3) is 5.91 Å². The molecule has 1 saturated heterocycles. The Morgan fingerprint density at radius 3 is 2.55 bits per heavy atom. The Kier molecular flexibility index (Phi) is 7.26. The summed E-state index contributed by atoms with van der Waals surface area (Å²) < 4.78 is 10.7. The first-order chi connectivity index (χ1) is 14.0. The summed E-state index contributed by atoms with van der Waals surface area (Å²) in [6, 6.07) is 11.5.